The number of halogens is 2. The van der Waals surface area contributed by atoms with Crippen LogP contribution in [0, 0.1) is 17.2 Å². The quantitative estimate of drug-likeness (QED) is 0.146. The van der Waals surface area contributed by atoms with Crippen molar-refractivity contribution in [2.45, 2.75) is 24.4 Å². The lowest BCUT2D eigenvalue weighted by Gasteiger charge is -2.37. The second kappa shape index (κ2) is 13.4. The van der Waals surface area contributed by atoms with E-state index in [0.717, 1.165) is 33.2 Å². The minimum absolute atomic E-state index is 0.119. The molecule has 1 fully saturated rings. The Morgan fingerprint density at radius 2 is 1.48 bits per heavy atom. The molecule has 5 aromatic carbocycles. The van der Waals surface area contributed by atoms with Crippen LogP contribution in [0.4, 0.5) is 10.2 Å². The van der Waals surface area contributed by atoms with Gasteiger partial charge in [0.15, 0.2) is 5.82 Å². The predicted octanol–water partition coefficient (Wildman–Crippen LogP) is 8.34. The molecule has 1 heterocycles. The van der Waals surface area contributed by atoms with E-state index in [-0.39, 0.29) is 24.4 Å². The lowest BCUT2D eigenvalue weighted by Crippen LogP contribution is -2.46. The maximum absolute atomic E-state index is 13.7. The molecule has 1 aliphatic carbocycles. The molecule has 0 aliphatic heterocycles. The Hall–Kier alpha value is -5.29. The molecule has 6 nitrogen and oxygen atoms in total. The van der Waals surface area contributed by atoms with Gasteiger partial charge in [-0.05, 0) is 65.4 Å². The Morgan fingerprint density at radius 1 is 0.875 bits per heavy atom. The standard InChI is InChI=1S/C40H33ClFN5O/c41-36-18-16-27(26-43)22-34(36)28-17-19-37-35(25-28)38(45-39(48)29-23-33(24-29)44-21-20-42)46-47(37)40(30-10-4-1-5-11-30,31-12-6-2-7-13-31)32-14-8-3-9-15-32/h1-19,22,25,29,33,44H,20-21,23-24H2,(H,45,46,48). The van der Waals surface area contributed by atoms with Crippen molar-refractivity contribution in [1.29, 1.82) is 5.26 Å². The molecule has 1 saturated carbocycles. The third kappa shape index (κ3) is 5.64. The molecule has 1 amide bonds. The van der Waals surface area contributed by atoms with Gasteiger partial charge in [-0.2, -0.15) is 10.4 Å². The fourth-order valence-electron chi connectivity index (χ4n) is 6.83. The van der Waals surface area contributed by atoms with Gasteiger partial charge in [-0.3, -0.25) is 4.79 Å². The molecule has 0 atom stereocenters. The van der Waals surface area contributed by atoms with Crippen molar-refractivity contribution in [2.24, 2.45) is 5.92 Å². The number of hydrogen-bond donors (Lipinski definition) is 2. The molecule has 48 heavy (non-hydrogen) atoms. The van der Waals surface area contributed by atoms with Gasteiger partial charge in [0.25, 0.3) is 0 Å². The SMILES string of the molecule is N#Cc1ccc(Cl)c(-c2ccc3c(c2)c(NC(=O)C2CC(NCCF)C2)nn3C(c2ccccc2)(c2ccccc2)c2ccccc2)c1. The van der Waals surface area contributed by atoms with Gasteiger partial charge in [-0.15, -0.1) is 0 Å². The molecule has 2 N–H and O–H groups in total. The normalized spacial score (nSPS) is 15.9. The van der Waals surface area contributed by atoms with Crippen LogP contribution in [0.15, 0.2) is 127 Å². The second-order valence-electron chi connectivity index (χ2n) is 12.1. The number of anilines is 1. The summed E-state index contributed by atoms with van der Waals surface area (Å²) >= 11 is 6.67. The van der Waals surface area contributed by atoms with Gasteiger partial charge in [-0.25, -0.2) is 9.07 Å². The first kappa shape index (κ1) is 31.3. The molecule has 0 bridgehead atoms. The average molecular weight is 654 g/mol. The lowest BCUT2D eigenvalue weighted by molar-refractivity contribution is -0.122. The van der Waals surface area contributed by atoms with Crippen LogP contribution in [0.5, 0.6) is 0 Å². The van der Waals surface area contributed by atoms with Crippen molar-refractivity contribution in [1.82, 2.24) is 15.1 Å². The summed E-state index contributed by atoms with van der Waals surface area (Å²) in [5.41, 5.74) is 4.89. The highest BCUT2D eigenvalue weighted by molar-refractivity contribution is 6.33. The third-order valence-electron chi connectivity index (χ3n) is 9.26. The molecule has 1 aliphatic rings. The number of nitrogens with zero attached hydrogens (tertiary/aromatic N) is 3. The number of amides is 1. The zero-order chi connectivity index (χ0) is 33.1. The lowest BCUT2D eigenvalue weighted by atomic mass is 9.77. The van der Waals surface area contributed by atoms with Crippen molar-refractivity contribution < 1.29 is 9.18 Å². The number of hydrogen-bond acceptors (Lipinski definition) is 4. The van der Waals surface area contributed by atoms with Crippen molar-refractivity contribution in [3.63, 3.8) is 0 Å². The van der Waals surface area contributed by atoms with Gasteiger partial charge in [0.05, 0.1) is 17.1 Å². The minimum Gasteiger partial charge on any atom is -0.311 e. The molecule has 238 valence electrons. The van der Waals surface area contributed by atoms with E-state index in [1.807, 2.05) is 77.5 Å². The highest BCUT2D eigenvalue weighted by Crippen LogP contribution is 2.44. The van der Waals surface area contributed by atoms with Crippen molar-refractivity contribution in [2.75, 3.05) is 18.5 Å². The van der Waals surface area contributed by atoms with Crippen LogP contribution in [0.25, 0.3) is 22.0 Å². The summed E-state index contributed by atoms with van der Waals surface area (Å²) < 4.78 is 14.7. The summed E-state index contributed by atoms with van der Waals surface area (Å²) in [5.74, 6) is 0.0885. The first-order valence-corrected chi connectivity index (χ1v) is 16.4. The fraction of sp³-hybridized carbons (Fsp3) is 0.175. The number of fused-ring (bicyclic) bond motifs is 1. The first-order chi connectivity index (χ1) is 23.5. The van der Waals surface area contributed by atoms with Crippen LogP contribution in [-0.4, -0.2) is 34.9 Å². The highest BCUT2D eigenvalue weighted by Gasteiger charge is 2.41. The zero-order valence-electron chi connectivity index (χ0n) is 26.1. The molecule has 6 aromatic rings. The van der Waals surface area contributed by atoms with E-state index in [9.17, 15) is 14.4 Å². The molecule has 1 aromatic heterocycles. The van der Waals surface area contributed by atoms with Crippen LogP contribution in [0.3, 0.4) is 0 Å². The predicted molar refractivity (Wildman–Crippen MR) is 189 cm³/mol. The Balaban J connectivity index is 1.46. The number of aromatic nitrogens is 2. The van der Waals surface area contributed by atoms with Gasteiger partial charge in [0.1, 0.15) is 12.2 Å². The molecular weight excluding hydrogens is 621 g/mol. The molecule has 8 heteroatoms. The summed E-state index contributed by atoms with van der Waals surface area (Å²) in [4.78, 5) is 13.7. The summed E-state index contributed by atoms with van der Waals surface area (Å²) in [6, 6.07) is 44.2. The van der Waals surface area contributed by atoms with Crippen LogP contribution >= 0.6 is 11.6 Å². The Morgan fingerprint density at radius 3 is 2.04 bits per heavy atom. The minimum atomic E-state index is -0.914. The largest absolute Gasteiger partial charge is 0.311 e. The number of carbonyl (C=O) groups is 1. The average Bonchev–Trinajstić information content (AvgIpc) is 3.47. The Bertz CT molecular complexity index is 2010. The van der Waals surface area contributed by atoms with E-state index in [2.05, 4.69) is 53.1 Å². The highest BCUT2D eigenvalue weighted by atomic mass is 35.5. The van der Waals surface area contributed by atoms with Crippen LogP contribution in [0.2, 0.25) is 5.02 Å². The zero-order valence-corrected chi connectivity index (χ0v) is 26.9. The summed E-state index contributed by atoms with van der Waals surface area (Å²) in [7, 11) is 0. The van der Waals surface area contributed by atoms with E-state index in [0.29, 0.717) is 34.8 Å². The van der Waals surface area contributed by atoms with Gasteiger partial charge in [0.2, 0.25) is 5.91 Å². The van der Waals surface area contributed by atoms with Crippen LogP contribution in [-0.2, 0) is 10.3 Å². The number of carbonyl (C=O) groups excluding carboxylic acids is 1. The van der Waals surface area contributed by atoms with E-state index in [4.69, 9.17) is 16.7 Å². The number of nitriles is 1. The Kier molecular flexibility index (Phi) is 8.77. The van der Waals surface area contributed by atoms with Crippen molar-refractivity contribution >= 4 is 34.2 Å². The summed E-state index contributed by atoms with van der Waals surface area (Å²) in [5, 5.41) is 22.4. The second-order valence-corrected chi connectivity index (χ2v) is 12.5. The van der Waals surface area contributed by atoms with Gasteiger partial charge in [0, 0.05) is 34.5 Å². The summed E-state index contributed by atoms with van der Waals surface area (Å²) in [6.07, 6.45) is 1.27. The van der Waals surface area contributed by atoms with Crippen LogP contribution in [0.1, 0.15) is 35.1 Å². The molecule has 0 radical (unpaired) electrons. The van der Waals surface area contributed by atoms with E-state index in [1.54, 1.807) is 18.2 Å². The molecule has 0 unspecified atom stereocenters. The molecular formula is C40H33ClFN5O. The molecule has 0 saturated heterocycles. The number of rotatable bonds is 10. The number of benzene rings is 5. The number of nitrogens with one attached hydrogen (secondary N) is 2. The van der Waals surface area contributed by atoms with Crippen LogP contribution < -0.4 is 10.6 Å². The number of alkyl halides is 1. The first-order valence-electron chi connectivity index (χ1n) is 16.0. The summed E-state index contributed by atoms with van der Waals surface area (Å²) in [6.45, 7) is -0.153. The van der Waals surface area contributed by atoms with E-state index < -0.39 is 12.2 Å². The topological polar surface area (TPSA) is 82.7 Å². The van der Waals surface area contributed by atoms with E-state index in [1.165, 1.54) is 0 Å². The smallest absolute Gasteiger partial charge is 0.228 e. The maximum atomic E-state index is 13.7. The monoisotopic (exact) mass is 653 g/mol. The van der Waals surface area contributed by atoms with Gasteiger partial charge < -0.3 is 10.6 Å². The molecule has 0 spiro atoms. The van der Waals surface area contributed by atoms with Crippen molar-refractivity contribution in [3.8, 4) is 17.2 Å². The maximum Gasteiger partial charge on any atom is 0.228 e. The van der Waals surface area contributed by atoms with Crippen molar-refractivity contribution in [3.05, 3.63) is 155 Å². The van der Waals surface area contributed by atoms with Gasteiger partial charge >= 0.3 is 0 Å². The van der Waals surface area contributed by atoms with E-state index >= 15 is 0 Å². The molecule has 7 rings (SSSR count). The Labute approximate surface area is 283 Å². The fourth-order valence-corrected chi connectivity index (χ4v) is 7.06. The third-order valence-corrected chi connectivity index (χ3v) is 9.59. The van der Waals surface area contributed by atoms with Gasteiger partial charge in [-0.1, -0.05) is 109 Å².